The Morgan fingerprint density at radius 2 is 1.85 bits per heavy atom. The molecule has 1 aromatic heterocycles. The highest BCUT2D eigenvalue weighted by molar-refractivity contribution is 5.70. The first kappa shape index (κ1) is 14.3. The molecule has 0 aliphatic carbocycles. The minimum Gasteiger partial charge on any atom is -0.481 e. The average Bonchev–Trinajstić information content (AvgIpc) is 2.68. The molecule has 106 valence electrons. The number of carboxylic acid groups (broad SMARTS) is 1. The maximum Gasteiger partial charge on any atom is 0.309 e. The molecule has 2 aromatic rings. The van der Waals surface area contributed by atoms with Crippen LogP contribution in [0.15, 0.2) is 30.3 Å². The Morgan fingerprint density at radius 1 is 1.25 bits per heavy atom. The molecule has 1 N–H and O–H groups in total. The summed E-state index contributed by atoms with van der Waals surface area (Å²) in [6, 6.07) is 10.2. The van der Waals surface area contributed by atoms with Crippen LogP contribution in [0.3, 0.4) is 0 Å². The molecule has 0 saturated carbocycles. The zero-order chi connectivity index (χ0) is 14.9. The Kier molecular flexibility index (Phi) is 3.66. The van der Waals surface area contributed by atoms with Crippen LogP contribution in [0.4, 0.5) is 0 Å². The summed E-state index contributed by atoms with van der Waals surface area (Å²) in [5, 5.41) is 13.0. The van der Waals surface area contributed by atoms with Gasteiger partial charge in [0.1, 0.15) is 0 Å². The van der Waals surface area contributed by atoms with Gasteiger partial charge < -0.3 is 5.11 Å². The van der Waals surface area contributed by atoms with Crippen LogP contribution in [0.25, 0.3) is 11.3 Å². The molecule has 0 aliphatic heterocycles. The number of rotatable bonds is 3. The summed E-state index contributed by atoms with van der Waals surface area (Å²) in [6.07, 6.45) is -0.0477. The molecule has 1 heterocycles. The molecule has 0 amide bonds. The summed E-state index contributed by atoms with van der Waals surface area (Å²) in [6.45, 7) is 6.53. The molecule has 4 nitrogen and oxygen atoms in total. The van der Waals surface area contributed by atoms with E-state index in [0.29, 0.717) is 5.69 Å². The molecule has 4 heteroatoms. The normalized spacial score (nSPS) is 11.6. The summed E-state index contributed by atoms with van der Waals surface area (Å²) in [7, 11) is 1.83. The van der Waals surface area contributed by atoms with Gasteiger partial charge in [-0.15, -0.1) is 0 Å². The number of aryl methyl sites for hydroxylation is 1. The van der Waals surface area contributed by atoms with Crippen molar-refractivity contribution in [2.24, 2.45) is 7.05 Å². The first-order chi connectivity index (χ1) is 9.27. The SMILES string of the molecule is Cn1nc(CC(=O)O)cc1-c1ccc(C(C)(C)C)cc1. The van der Waals surface area contributed by atoms with Crippen LogP contribution in [0, 0.1) is 0 Å². The van der Waals surface area contributed by atoms with Gasteiger partial charge in [0.25, 0.3) is 0 Å². The summed E-state index contributed by atoms with van der Waals surface area (Å²) in [4.78, 5) is 10.7. The molecule has 0 fully saturated rings. The maximum absolute atomic E-state index is 10.7. The molecule has 20 heavy (non-hydrogen) atoms. The third-order valence-electron chi connectivity index (χ3n) is 3.31. The van der Waals surface area contributed by atoms with Gasteiger partial charge in [-0.05, 0) is 22.6 Å². The fraction of sp³-hybridized carbons (Fsp3) is 0.375. The van der Waals surface area contributed by atoms with Crippen LogP contribution in [0.1, 0.15) is 32.0 Å². The van der Waals surface area contributed by atoms with Gasteiger partial charge in [-0.1, -0.05) is 45.0 Å². The maximum atomic E-state index is 10.7. The smallest absolute Gasteiger partial charge is 0.309 e. The number of hydrogen-bond donors (Lipinski definition) is 1. The molecule has 0 spiro atoms. The van der Waals surface area contributed by atoms with Crippen molar-refractivity contribution in [2.75, 3.05) is 0 Å². The second kappa shape index (κ2) is 5.12. The van der Waals surface area contributed by atoms with Crippen molar-refractivity contribution in [2.45, 2.75) is 32.6 Å². The lowest BCUT2D eigenvalue weighted by atomic mass is 9.86. The monoisotopic (exact) mass is 272 g/mol. The minimum absolute atomic E-state index is 0.0477. The predicted molar refractivity (Wildman–Crippen MR) is 78.7 cm³/mol. The van der Waals surface area contributed by atoms with Crippen LogP contribution < -0.4 is 0 Å². The van der Waals surface area contributed by atoms with Crippen molar-refractivity contribution in [3.05, 3.63) is 41.6 Å². The zero-order valence-electron chi connectivity index (χ0n) is 12.3. The lowest BCUT2D eigenvalue weighted by molar-refractivity contribution is -0.136. The second-order valence-corrected chi connectivity index (χ2v) is 6.04. The predicted octanol–water partition coefficient (Wildman–Crippen LogP) is 3.01. The number of aliphatic carboxylic acids is 1. The first-order valence-corrected chi connectivity index (χ1v) is 6.63. The van der Waals surface area contributed by atoms with Crippen LogP contribution in [0.2, 0.25) is 0 Å². The van der Waals surface area contributed by atoms with Crippen molar-refractivity contribution in [1.82, 2.24) is 9.78 Å². The van der Waals surface area contributed by atoms with E-state index >= 15 is 0 Å². The van der Waals surface area contributed by atoms with Crippen molar-refractivity contribution in [3.63, 3.8) is 0 Å². The Hall–Kier alpha value is -2.10. The largest absolute Gasteiger partial charge is 0.481 e. The average molecular weight is 272 g/mol. The molecule has 0 bridgehead atoms. The van der Waals surface area contributed by atoms with E-state index in [1.807, 2.05) is 13.1 Å². The summed E-state index contributed by atoms with van der Waals surface area (Å²) < 4.78 is 1.73. The van der Waals surface area contributed by atoms with E-state index < -0.39 is 5.97 Å². The number of aromatic nitrogens is 2. The van der Waals surface area contributed by atoms with Crippen molar-refractivity contribution < 1.29 is 9.90 Å². The Balaban J connectivity index is 2.32. The molecule has 0 radical (unpaired) electrons. The standard InChI is InChI=1S/C16H20N2O2/c1-16(2,3)12-7-5-11(6-8-12)14-9-13(10-15(19)20)17-18(14)4/h5-9H,10H2,1-4H3,(H,19,20). The highest BCUT2D eigenvalue weighted by atomic mass is 16.4. The van der Waals surface area contributed by atoms with Gasteiger partial charge in [0, 0.05) is 7.05 Å². The van der Waals surface area contributed by atoms with E-state index in [1.54, 1.807) is 4.68 Å². The van der Waals surface area contributed by atoms with Gasteiger partial charge in [0.15, 0.2) is 0 Å². The van der Waals surface area contributed by atoms with Gasteiger partial charge in [-0.3, -0.25) is 9.48 Å². The number of carboxylic acids is 1. The molecule has 0 saturated heterocycles. The van der Waals surface area contributed by atoms with Crippen molar-refractivity contribution in [1.29, 1.82) is 0 Å². The van der Waals surface area contributed by atoms with Gasteiger partial charge in [0.05, 0.1) is 17.8 Å². The summed E-state index contributed by atoms with van der Waals surface area (Å²) in [5.41, 5.74) is 3.95. The third-order valence-corrected chi connectivity index (χ3v) is 3.31. The van der Waals surface area contributed by atoms with E-state index in [0.717, 1.165) is 11.3 Å². The van der Waals surface area contributed by atoms with Gasteiger partial charge in [-0.25, -0.2) is 0 Å². The number of nitrogens with zero attached hydrogens (tertiary/aromatic N) is 2. The number of hydrogen-bond acceptors (Lipinski definition) is 2. The zero-order valence-corrected chi connectivity index (χ0v) is 12.3. The molecule has 2 rings (SSSR count). The molecule has 1 aromatic carbocycles. The Labute approximate surface area is 119 Å². The Morgan fingerprint density at radius 3 is 2.35 bits per heavy atom. The lowest BCUT2D eigenvalue weighted by Crippen LogP contribution is -2.10. The van der Waals surface area contributed by atoms with Gasteiger partial charge >= 0.3 is 5.97 Å². The van der Waals surface area contributed by atoms with Crippen LogP contribution in [-0.4, -0.2) is 20.9 Å². The molecule has 0 unspecified atom stereocenters. The lowest BCUT2D eigenvalue weighted by Gasteiger charge is -2.19. The van der Waals surface area contributed by atoms with Crippen molar-refractivity contribution >= 4 is 5.97 Å². The molecule has 0 aliphatic rings. The van der Waals surface area contributed by atoms with Gasteiger partial charge in [-0.2, -0.15) is 5.10 Å². The van der Waals surface area contributed by atoms with E-state index in [4.69, 9.17) is 5.11 Å². The van der Waals surface area contributed by atoms with Crippen LogP contribution in [0.5, 0.6) is 0 Å². The van der Waals surface area contributed by atoms with Crippen molar-refractivity contribution in [3.8, 4) is 11.3 Å². The van der Waals surface area contributed by atoms with E-state index in [9.17, 15) is 4.79 Å². The number of benzene rings is 1. The quantitative estimate of drug-likeness (QED) is 0.934. The van der Waals surface area contributed by atoms with E-state index in [-0.39, 0.29) is 11.8 Å². The fourth-order valence-corrected chi connectivity index (χ4v) is 2.18. The van der Waals surface area contributed by atoms with Gasteiger partial charge in [0.2, 0.25) is 0 Å². The fourth-order valence-electron chi connectivity index (χ4n) is 2.18. The molecular weight excluding hydrogens is 252 g/mol. The van der Waals surface area contributed by atoms with E-state index in [1.165, 1.54) is 5.56 Å². The first-order valence-electron chi connectivity index (χ1n) is 6.63. The highest BCUT2D eigenvalue weighted by Crippen LogP contribution is 2.26. The second-order valence-electron chi connectivity index (χ2n) is 6.04. The minimum atomic E-state index is -0.863. The Bertz CT molecular complexity index is 619. The topological polar surface area (TPSA) is 55.1 Å². The molecule has 0 atom stereocenters. The number of carbonyl (C=O) groups is 1. The third kappa shape index (κ3) is 3.07. The summed E-state index contributed by atoms with van der Waals surface area (Å²) in [5.74, 6) is -0.863. The highest BCUT2D eigenvalue weighted by Gasteiger charge is 2.14. The molecular formula is C16H20N2O2. The van der Waals surface area contributed by atoms with Crippen LogP contribution >= 0.6 is 0 Å². The van der Waals surface area contributed by atoms with Crippen LogP contribution in [-0.2, 0) is 23.7 Å². The van der Waals surface area contributed by atoms with E-state index in [2.05, 4.69) is 50.1 Å². The summed E-state index contributed by atoms with van der Waals surface area (Å²) >= 11 is 0.